The van der Waals surface area contributed by atoms with Gasteiger partial charge in [0.15, 0.2) is 0 Å². The molecule has 0 atom stereocenters. The van der Waals surface area contributed by atoms with Gasteiger partial charge in [0, 0.05) is 23.7 Å². The summed E-state index contributed by atoms with van der Waals surface area (Å²) in [5, 5.41) is 11.5. The second kappa shape index (κ2) is 8.68. The van der Waals surface area contributed by atoms with Gasteiger partial charge < -0.3 is 10.1 Å². The summed E-state index contributed by atoms with van der Waals surface area (Å²) in [6.45, 7) is 0.449. The summed E-state index contributed by atoms with van der Waals surface area (Å²) in [5.74, 6) is 0.132. The van der Waals surface area contributed by atoms with Crippen LogP contribution in [0.2, 0.25) is 0 Å². The Bertz CT molecular complexity index is 838. The molecule has 1 fully saturated rings. The van der Waals surface area contributed by atoms with Gasteiger partial charge in [-0.15, -0.1) is 0 Å². The summed E-state index contributed by atoms with van der Waals surface area (Å²) in [6.07, 6.45) is 4.20. The Labute approximate surface area is 159 Å². The Morgan fingerprint density at radius 2 is 1.96 bits per heavy atom. The maximum Gasteiger partial charge on any atom is 0.235 e. The van der Waals surface area contributed by atoms with Crippen molar-refractivity contribution in [3.05, 3.63) is 59.9 Å². The topological polar surface area (TPSA) is 62.1 Å². The first-order chi connectivity index (χ1) is 13.2. The highest BCUT2D eigenvalue weighted by Crippen LogP contribution is 2.43. The summed E-state index contributed by atoms with van der Waals surface area (Å²) >= 11 is 0. The molecule has 140 valence electrons. The van der Waals surface area contributed by atoms with E-state index >= 15 is 0 Å². The lowest BCUT2D eigenvalue weighted by molar-refractivity contribution is -0.121. The van der Waals surface area contributed by atoms with Crippen LogP contribution in [-0.4, -0.2) is 12.5 Å². The fourth-order valence-corrected chi connectivity index (χ4v) is 3.70. The van der Waals surface area contributed by atoms with Gasteiger partial charge in [-0.25, -0.2) is 4.39 Å². The largest absolute Gasteiger partial charge is 0.493 e. The molecule has 0 aliphatic heterocycles. The minimum atomic E-state index is -0.824. The van der Waals surface area contributed by atoms with E-state index in [1.807, 2.05) is 6.07 Å². The van der Waals surface area contributed by atoms with Crippen molar-refractivity contribution >= 4 is 11.6 Å². The highest BCUT2D eigenvalue weighted by atomic mass is 19.1. The zero-order valence-corrected chi connectivity index (χ0v) is 15.2. The van der Waals surface area contributed by atoms with Crippen molar-refractivity contribution in [1.82, 2.24) is 0 Å². The van der Waals surface area contributed by atoms with Crippen molar-refractivity contribution in [3.63, 3.8) is 0 Å². The van der Waals surface area contributed by atoms with E-state index in [1.165, 1.54) is 6.07 Å². The molecule has 0 unspecified atom stereocenters. The van der Waals surface area contributed by atoms with Crippen LogP contribution in [0.25, 0.3) is 0 Å². The predicted octanol–water partition coefficient (Wildman–Crippen LogP) is 4.96. The summed E-state index contributed by atoms with van der Waals surface area (Å²) in [6, 6.07) is 15.8. The molecule has 1 N–H and O–H groups in total. The number of nitrogens with zero attached hydrogens (tertiary/aromatic N) is 1. The molecule has 1 amide bonds. The molecule has 0 heterocycles. The Morgan fingerprint density at radius 3 is 2.70 bits per heavy atom. The van der Waals surface area contributed by atoms with Crippen LogP contribution in [0.1, 0.15) is 44.1 Å². The van der Waals surface area contributed by atoms with Crippen molar-refractivity contribution in [1.29, 1.82) is 5.26 Å². The van der Waals surface area contributed by atoms with Crippen LogP contribution in [0.4, 0.5) is 10.1 Å². The molecular formula is C22H23FN2O2. The molecule has 0 radical (unpaired) electrons. The van der Waals surface area contributed by atoms with Gasteiger partial charge in [0.2, 0.25) is 5.91 Å². The molecule has 2 aromatic carbocycles. The minimum Gasteiger partial charge on any atom is -0.493 e. The average molecular weight is 366 g/mol. The van der Waals surface area contributed by atoms with Crippen molar-refractivity contribution < 1.29 is 13.9 Å². The van der Waals surface area contributed by atoms with Crippen LogP contribution in [0.3, 0.4) is 0 Å². The number of unbranched alkanes of at least 4 members (excludes halogenated alkanes) is 1. The molecule has 0 aromatic heterocycles. The van der Waals surface area contributed by atoms with E-state index in [0.717, 1.165) is 12.8 Å². The van der Waals surface area contributed by atoms with Crippen molar-refractivity contribution in [2.75, 3.05) is 11.9 Å². The first-order valence-corrected chi connectivity index (χ1v) is 9.32. The molecule has 1 saturated carbocycles. The summed E-state index contributed by atoms with van der Waals surface area (Å²) in [5.41, 5.74) is 0.277. The molecule has 0 bridgehead atoms. The van der Waals surface area contributed by atoms with E-state index in [-0.39, 0.29) is 11.7 Å². The number of nitrogens with one attached hydrogen (secondary N) is 1. The summed E-state index contributed by atoms with van der Waals surface area (Å²) in [7, 11) is 0. The highest BCUT2D eigenvalue weighted by Gasteiger charge is 2.44. The van der Waals surface area contributed by atoms with Crippen LogP contribution < -0.4 is 10.1 Å². The van der Waals surface area contributed by atoms with Crippen LogP contribution in [0.5, 0.6) is 5.75 Å². The Kier molecular flexibility index (Phi) is 6.08. The van der Waals surface area contributed by atoms with Gasteiger partial charge in [0.25, 0.3) is 0 Å². The van der Waals surface area contributed by atoms with Gasteiger partial charge in [-0.1, -0.05) is 37.1 Å². The van der Waals surface area contributed by atoms with E-state index in [0.29, 0.717) is 49.3 Å². The maximum absolute atomic E-state index is 14.4. The number of carbonyl (C=O) groups excluding carboxylic acids is 1. The standard InChI is InChI=1S/C22H23FN2O2/c23-20-11-2-1-10-19(20)22(12-3-4-13-22)21(26)25-17-8-7-9-18(16-17)27-15-6-5-14-24/h1-2,7-11,16H,3-6,12-13,15H2,(H,25,26). The number of rotatable bonds is 7. The smallest absolute Gasteiger partial charge is 0.235 e. The number of ether oxygens (including phenoxy) is 1. The minimum absolute atomic E-state index is 0.174. The lowest BCUT2D eigenvalue weighted by Crippen LogP contribution is -2.38. The van der Waals surface area contributed by atoms with E-state index in [9.17, 15) is 9.18 Å². The van der Waals surface area contributed by atoms with Crippen molar-refractivity contribution in [2.24, 2.45) is 0 Å². The molecule has 1 aliphatic carbocycles. The normalized spacial score (nSPS) is 15.1. The molecular weight excluding hydrogens is 343 g/mol. The molecule has 1 aliphatic rings. The lowest BCUT2D eigenvalue weighted by atomic mass is 9.77. The second-order valence-corrected chi connectivity index (χ2v) is 6.86. The number of anilines is 1. The third kappa shape index (κ3) is 4.28. The van der Waals surface area contributed by atoms with E-state index in [4.69, 9.17) is 10.00 Å². The molecule has 2 aromatic rings. The summed E-state index contributed by atoms with van der Waals surface area (Å²) in [4.78, 5) is 13.1. The monoisotopic (exact) mass is 366 g/mol. The van der Waals surface area contributed by atoms with Gasteiger partial charge in [-0.05, 0) is 37.5 Å². The number of benzene rings is 2. The number of carbonyl (C=O) groups is 1. The fourth-order valence-electron chi connectivity index (χ4n) is 3.70. The van der Waals surface area contributed by atoms with E-state index in [2.05, 4.69) is 11.4 Å². The van der Waals surface area contributed by atoms with Crippen LogP contribution in [-0.2, 0) is 10.2 Å². The number of hydrogen-bond acceptors (Lipinski definition) is 3. The molecule has 0 spiro atoms. The molecule has 5 heteroatoms. The number of nitriles is 1. The molecule has 27 heavy (non-hydrogen) atoms. The van der Waals surface area contributed by atoms with E-state index in [1.54, 1.807) is 36.4 Å². The first-order valence-electron chi connectivity index (χ1n) is 9.32. The zero-order valence-electron chi connectivity index (χ0n) is 15.2. The third-order valence-corrected chi connectivity index (χ3v) is 5.07. The molecule has 4 nitrogen and oxygen atoms in total. The maximum atomic E-state index is 14.4. The second-order valence-electron chi connectivity index (χ2n) is 6.86. The lowest BCUT2D eigenvalue weighted by Gasteiger charge is -2.28. The van der Waals surface area contributed by atoms with Gasteiger partial charge in [0.05, 0.1) is 18.1 Å². The average Bonchev–Trinajstić information content (AvgIpc) is 3.17. The van der Waals surface area contributed by atoms with Crippen molar-refractivity contribution in [3.8, 4) is 11.8 Å². The Hall–Kier alpha value is -2.87. The zero-order chi connectivity index (χ0) is 19.1. The van der Waals surface area contributed by atoms with Crippen molar-refractivity contribution in [2.45, 2.75) is 43.9 Å². The Morgan fingerprint density at radius 1 is 1.19 bits per heavy atom. The quantitative estimate of drug-likeness (QED) is 0.705. The predicted molar refractivity (Wildman–Crippen MR) is 102 cm³/mol. The van der Waals surface area contributed by atoms with Crippen LogP contribution >= 0.6 is 0 Å². The number of halogens is 1. The van der Waals surface area contributed by atoms with E-state index < -0.39 is 5.41 Å². The third-order valence-electron chi connectivity index (χ3n) is 5.07. The first kappa shape index (κ1) is 18.9. The fraction of sp³-hybridized carbons (Fsp3) is 0.364. The van der Waals surface area contributed by atoms with Gasteiger partial charge in [-0.2, -0.15) is 5.26 Å². The molecule has 0 saturated heterocycles. The van der Waals surface area contributed by atoms with Crippen LogP contribution in [0, 0.1) is 17.1 Å². The Balaban J connectivity index is 1.75. The number of hydrogen-bond donors (Lipinski definition) is 1. The molecule has 3 rings (SSSR count). The van der Waals surface area contributed by atoms with Gasteiger partial charge >= 0.3 is 0 Å². The number of amides is 1. The SMILES string of the molecule is N#CCCCOc1cccc(NC(=O)C2(c3ccccc3F)CCCC2)c1. The van der Waals surface area contributed by atoms with Gasteiger partial charge in [0.1, 0.15) is 11.6 Å². The van der Waals surface area contributed by atoms with Crippen LogP contribution in [0.15, 0.2) is 48.5 Å². The highest BCUT2D eigenvalue weighted by molar-refractivity contribution is 5.99. The summed E-state index contributed by atoms with van der Waals surface area (Å²) < 4.78 is 20.1. The van der Waals surface area contributed by atoms with Gasteiger partial charge in [-0.3, -0.25) is 4.79 Å².